The minimum atomic E-state index is 0.0812. The van der Waals surface area contributed by atoms with Gasteiger partial charge in [0.1, 0.15) is 5.82 Å². The smallest absolute Gasteiger partial charge is 0.173 e. The van der Waals surface area contributed by atoms with Crippen molar-refractivity contribution >= 4 is 56.2 Å². The Morgan fingerprint density at radius 1 is 1.11 bits per heavy atom. The Morgan fingerprint density at radius 3 is 2.69 bits per heavy atom. The largest absolute Gasteiger partial charge is 0.321 e. The maximum atomic E-state index is 12.9. The first-order valence-corrected chi connectivity index (χ1v) is 14.0. The minimum Gasteiger partial charge on any atom is -0.321 e. The third-order valence-corrected chi connectivity index (χ3v) is 8.77. The Hall–Kier alpha value is -2.90. The van der Waals surface area contributed by atoms with Gasteiger partial charge >= 0.3 is 0 Å². The summed E-state index contributed by atoms with van der Waals surface area (Å²) in [5.41, 5.74) is 3.74. The maximum Gasteiger partial charge on any atom is 0.173 e. The van der Waals surface area contributed by atoms with Gasteiger partial charge < -0.3 is 4.57 Å². The fourth-order valence-corrected chi connectivity index (χ4v) is 6.68. The van der Waals surface area contributed by atoms with E-state index in [4.69, 9.17) is 4.98 Å². The van der Waals surface area contributed by atoms with Crippen molar-refractivity contribution in [2.45, 2.75) is 51.5 Å². The Balaban J connectivity index is 1.54. The van der Waals surface area contributed by atoms with Crippen LogP contribution >= 0.6 is 27.3 Å². The monoisotopic (exact) mass is 562 g/mol. The Labute approximate surface area is 222 Å². The van der Waals surface area contributed by atoms with Crippen LogP contribution in [0.5, 0.6) is 0 Å². The number of fused-ring (bicyclic) bond motifs is 1. The summed E-state index contributed by atoms with van der Waals surface area (Å²) in [7, 11) is 0. The van der Waals surface area contributed by atoms with Crippen molar-refractivity contribution in [2.24, 2.45) is 5.92 Å². The van der Waals surface area contributed by atoms with Gasteiger partial charge in [-0.1, -0.05) is 37.6 Å². The third kappa shape index (κ3) is 4.87. The first kappa shape index (κ1) is 24.8. The van der Waals surface area contributed by atoms with Crippen molar-refractivity contribution in [1.82, 2.24) is 9.55 Å². The number of thiophene rings is 1. The zero-order chi connectivity index (χ0) is 25.2. The lowest BCUT2D eigenvalue weighted by atomic mass is 9.82. The van der Waals surface area contributed by atoms with Gasteiger partial charge in [0.2, 0.25) is 0 Å². The van der Waals surface area contributed by atoms with Crippen LogP contribution in [0.1, 0.15) is 81.9 Å². The highest BCUT2D eigenvalue weighted by Gasteiger charge is 2.29. The van der Waals surface area contributed by atoms with Crippen molar-refractivity contribution in [3.63, 3.8) is 0 Å². The van der Waals surface area contributed by atoms with E-state index in [9.17, 15) is 14.4 Å². The van der Waals surface area contributed by atoms with Crippen LogP contribution in [0.3, 0.4) is 0 Å². The number of carbonyl (C=O) groups is 3. The molecule has 2 heterocycles. The maximum absolute atomic E-state index is 12.9. The molecular formula is C29H27BrN2O3S. The number of aldehydes is 1. The van der Waals surface area contributed by atoms with Crippen LogP contribution in [-0.4, -0.2) is 27.4 Å². The Bertz CT molecular complexity index is 1450. The second-order valence-corrected chi connectivity index (χ2v) is 11.9. The number of hydrogen-bond donors (Lipinski definition) is 0. The molecule has 1 aliphatic carbocycles. The Morgan fingerprint density at radius 2 is 1.94 bits per heavy atom. The first-order valence-electron chi connectivity index (χ1n) is 12.4. The van der Waals surface area contributed by atoms with Gasteiger partial charge in [-0.15, -0.1) is 11.3 Å². The molecule has 0 unspecified atom stereocenters. The van der Waals surface area contributed by atoms with Crippen LogP contribution in [0.4, 0.5) is 0 Å². The average Bonchev–Trinajstić information content (AvgIpc) is 3.51. The number of ketones is 2. The average molecular weight is 564 g/mol. The number of carbonyl (C=O) groups excluding carboxylic acids is 3. The Kier molecular flexibility index (Phi) is 7.30. The lowest BCUT2D eigenvalue weighted by molar-refractivity contribution is 0.0944. The molecule has 0 N–H and O–H groups in total. The zero-order valence-electron chi connectivity index (χ0n) is 20.1. The van der Waals surface area contributed by atoms with Gasteiger partial charge in [0.05, 0.1) is 19.7 Å². The van der Waals surface area contributed by atoms with Gasteiger partial charge in [-0.3, -0.25) is 14.4 Å². The van der Waals surface area contributed by atoms with E-state index in [0.717, 1.165) is 63.1 Å². The van der Waals surface area contributed by atoms with E-state index in [1.807, 2.05) is 55.5 Å². The fraction of sp³-hybridized carbons (Fsp3) is 0.310. The summed E-state index contributed by atoms with van der Waals surface area (Å²) in [6.07, 6.45) is 5.74. The number of rotatable bonds is 8. The second-order valence-electron chi connectivity index (χ2n) is 9.41. The molecule has 7 heteroatoms. The molecule has 0 bridgehead atoms. The van der Waals surface area contributed by atoms with E-state index < -0.39 is 0 Å². The number of imidazole rings is 1. The SMILES string of the molecule is CCC(=O)c1ccc2c(c1)nc(-c1ccccc1C=O)n2[C@H]1CCC[C@@H](CC(=O)c2ccc(Br)s2)C1. The van der Waals surface area contributed by atoms with Crippen molar-refractivity contribution in [2.75, 3.05) is 0 Å². The van der Waals surface area contributed by atoms with Crippen LogP contribution in [-0.2, 0) is 0 Å². The molecule has 5 rings (SSSR count). The molecule has 5 nitrogen and oxygen atoms in total. The third-order valence-electron chi connectivity index (χ3n) is 7.10. The van der Waals surface area contributed by atoms with Crippen LogP contribution in [0.2, 0.25) is 0 Å². The number of aromatic nitrogens is 2. The highest BCUT2D eigenvalue weighted by molar-refractivity contribution is 9.11. The highest BCUT2D eigenvalue weighted by atomic mass is 79.9. The molecule has 2 aromatic carbocycles. The van der Waals surface area contributed by atoms with Crippen LogP contribution in [0.15, 0.2) is 58.4 Å². The van der Waals surface area contributed by atoms with Crippen molar-refractivity contribution in [3.8, 4) is 11.4 Å². The molecule has 0 spiro atoms. The number of hydrogen-bond acceptors (Lipinski definition) is 5. The molecule has 0 aliphatic heterocycles. The molecule has 0 radical (unpaired) electrons. The van der Waals surface area contributed by atoms with Crippen LogP contribution in [0, 0.1) is 5.92 Å². The highest BCUT2D eigenvalue weighted by Crippen LogP contribution is 2.40. The summed E-state index contributed by atoms with van der Waals surface area (Å²) < 4.78 is 3.22. The topological polar surface area (TPSA) is 69.0 Å². The van der Waals surface area contributed by atoms with Gasteiger partial charge in [0.25, 0.3) is 0 Å². The van der Waals surface area contributed by atoms with Crippen molar-refractivity contribution in [3.05, 3.63) is 74.4 Å². The number of halogens is 1. The second kappa shape index (κ2) is 10.6. The summed E-state index contributed by atoms with van der Waals surface area (Å²) >= 11 is 4.94. The molecule has 1 saturated carbocycles. The number of nitrogens with zero attached hydrogens (tertiary/aromatic N) is 2. The van der Waals surface area contributed by atoms with Crippen molar-refractivity contribution in [1.29, 1.82) is 0 Å². The predicted molar refractivity (Wildman–Crippen MR) is 147 cm³/mol. The standard InChI is InChI=1S/C29H27BrN2O3S/c1-2-25(34)19-10-11-24-23(16-19)31-29(22-9-4-3-7-20(22)17-33)32(24)21-8-5-6-18(14-21)15-26(35)27-12-13-28(30)36-27/h3-4,7,9-13,16-18,21H,2,5-6,8,14-15H2,1H3/t18-,21+/m1/s1. The molecular weight excluding hydrogens is 536 g/mol. The van der Waals surface area contributed by atoms with E-state index in [0.29, 0.717) is 24.0 Å². The molecule has 4 aromatic rings. The van der Waals surface area contributed by atoms with Crippen LogP contribution < -0.4 is 0 Å². The first-order chi connectivity index (χ1) is 17.5. The molecule has 2 atom stereocenters. The molecule has 1 aliphatic rings. The molecule has 1 fully saturated rings. The normalized spacial score (nSPS) is 17.8. The number of benzene rings is 2. The van der Waals surface area contributed by atoms with Gasteiger partial charge in [-0.05, 0) is 71.4 Å². The van der Waals surface area contributed by atoms with Gasteiger partial charge in [0.15, 0.2) is 17.9 Å². The molecule has 0 saturated heterocycles. The quantitative estimate of drug-likeness (QED) is 0.161. The van der Waals surface area contributed by atoms with Gasteiger partial charge in [-0.2, -0.15) is 0 Å². The summed E-state index contributed by atoms with van der Waals surface area (Å²) in [6, 6.07) is 17.2. The fourth-order valence-electron chi connectivity index (χ4n) is 5.35. The molecule has 36 heavy (non-hydrogen) atoms. The molecule has 0 amide bonds. The number of Topliss-reactive ketones (excluding diaryl/α,β-unsaturated/α-hetero) is 2. The summed E-state index contributed by atoms with van der Waals surface area (Å²) in [5, 5.41) is 0. The predicted octanol–water partition coefficient (Wildman–Crippen LogP) is 7.94. The van der Waals surface area contributed by atoms with E-state index in [2.05, 4.69) is 20.5 Å². The molecule has 2 aromatic heterocycles. The summed E-state index contributed by atoms with van der Waals surface area (Å²) in [5.74, 6) is 1.30. The molecule has 184 valence electrons. The van der Waals surface area contributed by atoms with Crippen molar-refractivity contribution < 1.29 is 14.4 Å². The van der Waals surface area contributed by atoms with Gasteiger partial charge in [0, 0.05) is 35.6 Å². The lowest BCUT2D eigenvalue weighted by Crippen LogP contribution is -2.22. The zero-order valence-corrected chi connectivity index (χ0v) is 22.5. The van der Waals surface area contributed by atoms with Gasteiger partial charge in [-0.25, -0.2) is 4.98 Å². The summed E-state index contributed by atoms with van der Waals surface area (Å²) in [4.78, 5) is 42.9. The van der Waals surface area contributed by atoms with Crippen LogP contribution in [0.25, 0.3) is 22.4 Å². The van der Waals surface area contributed by atoms with E-state index in [1.54, 1.807) is 6.07 Å². The van der Waals surface area contributed by atoms with E-state index in [1.165, 1.54) is 11.3 Å². The van der Waals surface area contributed by atoms with E-state index >= 15 is 0 Å². The van der Waals surface area contributed by atoms with E-state index in [-0.39, 0.29) is 23.5 Å². The minimum absolute atomic E-state index is 0.0812. The summed E-state index contributed by atoms with van der Waals surface area (Å²) in [6.45, 7) is 1.86. The lowest BCUT2D eigenvalue weighted by Gasteiger charge is -2.31.